The average Bonchev–Trinajstić information content (AvgIpc) is 3.08. The molecule has 0 fully saturated rings. The molecule has 2 aromatic carbocycles. The molecule has 0 aliphatic rings. The van der Waals surface area contributed by atoms with E-state index in [1.807, 2.05) is 0 Å². The third-order valence-electron chi connectivity index (χ3n) is 4.23. The second-order valence-electron chi connectivity index (χ2n) is 6.03. The van der Waals surface area contributed by atoms with Crippen molar-refractivity contribution in [3.05, 3.63) is 69.6 Å². The van der Waals surface area contributed by atoms with Crippen LogP contribution < -0.4 is 10.3 Å². The van der Waals surface area contributed by atoms with Crippen molar-refractivity contribution in [3.63, 3.8) is 0 Å². The van der Waals surface area contributed by atoms with Gasteiger partial charge < -0.3 is 15.1 Å². The first kappa shape index (κ1) is 18.1. The predicted molar refractivity (Wildman–Crippen MR) is 106 cm³/mol. The molecule has 0 radical (unpaired) electrons. The van der Waals surface area contributed by atoms with Gasteiger partial charge in [-0.05, 0) is 36.4 Å². The molecule has 0 aliphatic carbocycles. The number of H-pyrrole nitrogens is 2. The molecule has 0 bridgehead atoms. The zero-order chi connectivity index (χ0) is 20.1. The summed E-state index contributed by atoms with van der Waals surface area (Å²) in [5.41, 5.74) is 0.131. The van der Waals surface area contributed by atoms with Gasteiger partial charge in [-0.25, -0.2) is 13.2 Å². The Hall–Kier alpha value is -3.30. The highest BCUT2D eigenvalue weighted by molar-refractivity contribution is 7.92. The Labute approximate surface area is 162 Å². The van der Waals surface area contributed by atoms with Gasteiger partial charge in [0.1, 0.15) is 5.52 Å². The van der Waals surface area contributed by atoms with Crippen molar-refractivity contribution in [2.24, 2.45) is 0 Å². The topological polar surface area (TPSA) is 132 Å². The normalized spacial score (nSPS) is 11.8. The number of carboxylic acid groups (broad SMARTS) is 1. The number of nitrogens with one attached hydrogen (secondary N) is 3. The Bertz CT molecular complexity index is 1420. The van der Waals surface area contributed by atoms with Gasteiger partial charge in [-0.2, -0.15) is 0 Å². The number of hydrogen-bond donors (Lipinski definition) is 4. The van der Waals surface area contributed by atoms with E-state index in [0.717, 1.165) is 0 Å². The first-order valence-corrected chi connectivity index (χ1v) is 9.81. The molecule has 28 heavy (non-hydrogen) atoms. The van der Waals surface area contributed by atoms with E-state index in [1.165, 1.54) is 42.6 Å². The number of carboxylic acids is 1. The van der Waals surface area contributed by atoms with Gasteiger partial charge in [-0.1, -0.05) is 17.7 Å². The molecular formula is C18H12ClN3O5S. The van der Waals surface area contributed by atoms with Gasteiger partial charge in [0.25, 0.3) is 15.6 Å². The van der Waals surface area contributed by atoms with E-state index in [9.17, 15) is 23.1 Å². The maximum atomic E-state index is 12.6. The van der Waals surface area contributed by atoms with Crippen LogP contribution in [0.5, 0.6) is 0 Å². The fourth-order valence-electron chi connectivity index (χ4n) is 3.01. The second-order valence-corrected chi connectivity index (χ2v) is 8.15. The molecule has 0 saturated heterocycles. The molecule has 0 unspecified atom stereocenters. The average molecular weight is 418 g/mol. The zero-order valence-corrected chi connectivity index (χ0v) is 15.6. The van der Waals surface area contributed by atoms with Gasteiger partial charge in [-0.3, -0.25) is 9.52 Å². The Morgan fingerprint density at radius 2 is 1.93 bits per heavy atom. The van der Waals surface area contributed by atoms with E-state index in [2.05, 4.69) is 14.7 Å². The molecule has 2 aromatic heterocycles. The first-order chi connectivity index (χ1) is 13.3. The number of pyridine rings is 1. The maximum absolute atomic E-state index is 12.6. The molecule has 4 rings (SSSR count). The summed E-state index contributed by atoms with van der Waals surface area (Å²) in [5, 5.41) is 10.3. The number of aromatic carboxylic acids is 1. The number of fused-ring (bicyclic) bond motifs is 3. The Morgan fingerprint density at radius 3 is 2.64 bits per heavy atom. The van der Waals surface area contributed by atoms with Crippen LogP contribution in [-0.4, -0.2) is 29.5 Å². The summed E-state index contributed by atoms with van der Waals surface area (Å²) in [6.45, 7) is 0. The molecule has 0 saturated carbocycles. The highest BCUT2D eigenvalue weighted by atomic mass is 35.5. The fourth-order valence-corrected chi connectivity index (χ4v) is 4.36. The predicted octanol–water partition coefficient (Wildman–Crippen LogP) is 3.16. The summed E-state index contributed by atoms with van der Waals surface area (Å²) >= 11 is 5.86. The minimum absolute atomic E-state index is 0.0143. The molecule has 0 atom stereocenters. The van der Waals surface area contributed by atoms with Gasteiger partial charge >= 0.3 is 5.97 Å². The minimum Gasteiger partial charge on any atom is -0.478 e. The highest BCUT2D eigenvalue weighted by Gasteiger charge is 2.18. The lowest BCUT2D eigenvalue weighted by molar-refractivity contribution is 0.0699. The largest absolute Gasteiger partial charge is 0.478 e. The summed E-state index contributed by atoms with van der Waals surface area (Å²) in [6.07, 6.45) is 1.23. The Morgan fingerprint density at radius 1 is 1.14 bits per heavy atom. The summed E-state index contributed by atoms with van der Waals surface area (Å²) in [7, 11) is -3.91. The summed E-state index contributed by atoms with van der Waals surface area (Å²) in [5.74, 6) is -1.21. The van der Waals surface area contributed by atoms with Gasteiger partial charge in [0, 0.05) is 33.2 Å². The van der Waals surface area contributed by atoms with Crippen LogP contribution in [0.2, 0.25) is 5.02 Å². The Balaban J connectivity index is 1.89. The molecule has 0 amide bonds. The third-order valence-corrected chi connectivity index (χ3v) is 5.85. The van der Waals surface area contributed by atoms with Crippen molar-refractivity contribution in [2.45, 2.75) is 4.90 Å². The number of anilines is 1. The van der Waals surface area contributed by atoms with Crippen LogP contribution in [-0.2, 0) is 10.0 Å². The van der Waals surface area contributed by atoms with Crippen molar-refractivity contribution in [1.29, 1.82) is 0 Å². The van der Waals surface area contributed by atoms with E-state index < -0.39 is 21.6 Å². The van der Waals surface area contributed by atoms with Crippen LogP contribution in [0, 0.1) is 0 Å². The minimum atomic E-state index is -3.91. The Kier molecular flexibility index (Phi) is 4.13. The van der Waals surface area contributed by atoms with Crippen molar-refractivity contribution in [1.82, 2.24) is 9.97 Å². The number of hydrogen-bond acceptors (Lipinski definition) is 4. The van der Waals surface area contributed by atoms with E-state index in [0.29, 0.717) is 10.9 Å². The van der Waals surface area contributed by atoms with Crippen LogP contribution in [0.4, 0.5) is 5.69 Å². The van der Waals surface area contributed by atoms with E-state index >= 15 is 0 Å². The lowest BCUT2D eigenvalue weighted by Gasteiger charge is -2.10. The smallest absolute Gasteiger partial charge is 0.337 e. The van der Waals surface area contributed by atoms with Gasteiger partial charge in [0.2, 0.25) is 0 Å². The summed E-state index contributed by atoms with van der Waals surface area (Å²) in [6, 6.07) is 10.2. The van der Waals surface area contributed by atoms with E-state index in [4.69, 9.17) is 11.6 Å². The number of halogens is 1. The van der Waals surface area contributed by atoms with E-state index in [-0.39, 0.29) is 32.1 Å². The molecule has 142 valence electrons. The van der Waals surface area contributed by atoms with Crippen LogP contribution in [0.15, 0.2) is 58.4 Å². The summed E-state index contributed by atoms with van der Waals surface area (Å²) < 4.78 is 27.6. The maximum Gasteiger partial charge on any atom is 0.337 e. The number of carbonyl (C=O) groups is 1. The van der Waals surface area contributed by atoms with E-state index in [1.54, 1.807) is 6.07 Å². The van der Waals surface area contributed by atoms with Gasteiger partial charge in [-0.15, -0.1) is 0 Å². The molecule has 10 heteroatoms. The van der Waals surface area contributed by atoms with Crippen molar-refractivity contribution in [3.8, 4) is 0 Å². The van der Waals surface area contributed by atoms with Crippen LogP contribution in [0.1, 0.15) is 10.4 Å². The molecule has 2 heterocycles. The monoisotopic (exact) mass is 417 g/mol. The van der Waals surface area contributed by atoms with Crippen LogP contribution in [0.25, 0.3) is 21.8 Å². The number of sulfonamides is 1. The molecule has 4 N–H and O–H groups in total. The van der Waals surface area contributed by atoms with Crippen molar-refractivity contribution >= 4 is 55.1 Å². The standard InChI is InChI=1S/C18H12ClN3O5S/c19-9-2-1-3-11(6-9)28(26,27)22-10-4-5-14-12(7-10)15-13(18(24)25)8-20-16(15)17(23)21-14/h1-8,20,22H,(H,21,23)(H,24,25). The molecule has 8 nitrogen and oxygen atoms in total. The first-order valence-electron chi connectivity index (χ1n) is 7.95. The second kappa shape index (κ2) is 6.39. The van der Waals surface area contributed by atoms with Crippen LogP contribution in [0.3, 0.4) is 0 Å². The lowest BCUT2D eigenvalue weighted by atomic mass is 10.1. The number of rotatable bonds is 4. The van der Waals surface area contributed by atoms with Crippen molar-refractivity contribution < 1.29 is 18.3 Å². The number of aromatic nitrogens is 2. The summed E-state index contributed by atoms with van der Waals surface area (Å²) in [4.78, 5) is 28.9. The molecule has 0 spiro atoms. The third kappa shape index (κ3) is 3.00. The number of benzene rings is 2. The SMILES string of the molecule is O=C(O)c1c[nH]c2c(=O)[nH]c3ccc(NS(=O)(=O)c4cccc(Cl)c4)cc3c12. The molecule has 0 aliphatic heterocycles. The fraction of sp³-hybridized carbons (Fsp3) is 0. The quantitative estimate of drug-likeness (QED) is 0.405. The zero-order valence-electron chi connectivity index (χ0n) is 14.0. The highest BCUT2D eigenvalue weighted by Crippen LogP contribution is 2.28. The van der Waals surface area contributed by atoms with Crippen molar-refractivity contribution in [2.75, 3.05) is 4.72 Å². The molecule has 4 aromatic rings. The van der Waals surface area contributed by atoms with Gasteiger partial charge in [0.05, 0.1) is 10.5 Å². The number of aromatic amines is 2. The van der Waals surface area contributed by atoms with Crippen LogP contribution >= 0.6 is 11.6 Å². The van der Waals surface area contributed by atoms with Gasteiger partial charge in [0.15, 0.2) is 0 Å². The molecular weight excluding hydrogens is 406 g/mol. The lowest BCUT2D eigenvalue weighted by Crippen LogP contribution is -2.13.